The van der Waals surface area contributed by atoms with Gasteiger partial charge in [-0.3, -0.25) is 0 Å². The van der Waals surface area contributed by atoms with Gasteiger partial charge in [-0.15, -0.1) is 0 Å². The molecule has 0 radical (unpaired) electrons. The molecule has 0 saturated heterocycles. The summed E-state index contributed by atoms with van der Waals surface area (Å²) in [7, 11) is 0. The first-order chi connectivity index (χ1) is 10.3. The molecule has 2 saturated carbocycles. The van der Waals surface area contributed by atoms with Crippen LogP contribution in [0, 0.1) is 5.92 Å². The van der Waals surface area contributed by atoms with Crippen LogP contribution >= 0.6 is 0 Å². The van der Waals surface area contributed by atoms with Crippen molar-refractivity contribution in [1.82, 2.24) is 5.32 Å². The number of hydrogen-bond donors (Lipinski definition) is 1. The molecule has 2 aliphatic carbocycles. The van der Waals surface area contributed by atoms with Crippen LogP contribution in [0.1, 0.15) is 38.2 Å². The van der Waals surface area contributed by atoms with Crippen molar-refractivity contribution in [2.45, 2.75) is 45.2 Å². The summed E-state index contributed by atoms with van der Waals surface area (Å²) in [6.07, 6.45) is 5.20. The average Bonchev–Trinajstić information content (AvgIpc) is 3.38. The minimum atomic E-state index is 0.302. The molecular formula is C17H25NO3. The lowest BCUT2D eigenvalue weighted by atomic mass is 10.2. The van der Waals surface area contributed by atoms with Crippen molar-refractivity contribution in [3.05, 3.63) is 23.8 Å². The van der Waals surface area contributed by atoms with Crippen molar-refractivity contribution in [3.8, 4) is 11.5 Å². The smallest absolute Gasteiger partial charge is 0.189 e. The molecule has 1 aromatic carbocycles. The molecule has 1 N–H and O–H groups in total. The molecule has 3 rings (SSSR count). The summed E-state index contributed by atoms with van der Waals surface area (Å²) in [6, 6.07) is 6.85. The zero-order chi connectivity index (χ0) is 14.5. The normalized spacial score (nSPS) is 17.8. The molecule has 0 atom stereocenters. The Morgan fingerprint density at radius 1 is 1.10 bits per heavy atom. The van der Waals surface area contributed by atoms with E-state index in [-0.39, 0.29) is 0 Å². The van der Waals surface area contributed by atoms with Gasteiger partial charge in [0.2, 0.25) is 0 Å². The molecule has 1 aromatic rings. The first-order valence-electron chi connectivity index (χ1n) is 8.05. The zero-order valence-electron chi connectivity index (χ0n) is 12.8. The van der Waals surface area contributed by atoms with Crippen molar-refractivity contribution in [3.63, 3.8) is 0 Å². The first kappa shape index (κ1) is 14.7. The van der Waals surface area contributed by atoms with E-state index >= 15 is 0 Å². The van der Waals surface area contributed by atoms with Crippen molar-refractivity contribution >= 4 is 0 Å². The fraction of sp³-hybridized carbons (Fsp3) is 0.647. The Morgan fingerprint density at radius 3 is 2.67 bits per heavy atom. The predicted molar refractivity (Wildman–Crippen MR) is 81.6 cm³/mol. The molecule has 0 aliphatic heterocycles. The monoisotopic (exact) mass is 291 g/mol. The zero-order valence-corrected chi connectivity index (χ0v) is 12.8. The second kappa shape index (κ2) is 7.14. The Balaban J connectivity index is 1.51. The number of nitrogens with one attached hydrogen (secondary N) is 1. The van der Waals surface area contributed by atoms with Gasteiger partial charge < -0.3 is 19.5 Å². The standard InChI is InChI=1S/C17H25NO3/c1-2-20-17-9-14(10-18-15-6-7-15)5-8-16(17)21-12-19-11-13-3-4-13/h5,8-9,13,15,18H,2-4,6-7,10-12H2,1H3. The average molecular weight is 291 g/mol. The van der Waals surface area contributed by atoms with Crippen LogP contribution in [0.2, 0.25) is 0 Å². The van der Waals surface area contributed by atoms with E-state index in [4.69, 9.17) is 14.2 Å². The lowest BCUT2D eigenvalue weighted by Gasteiger charge is -2.14. The van der Waals surface area contributed by atoms with E-state index in [9.17, 15) is 0 Å². The molecule has 21 heavy (non-hydrogen) atoms. The maximum Gasteiger partial charge on any atom is 0.189 e. The van der Waals surface area contributed by atoms with Gasteiger partial charge in [0.15, 0.2) is 18.3 Å². The van der Waals surface area contributed by atoms with Crippen molar-refractivity contribution in [1.29, 1.82) is 0 Å². The highest BCUT2D eigenvalue weighted by atomic mass is 16.7. The van der Waals surface area contributed by atoms with Crippen LogP contribution in [0.4, 0.5) is 0 Å². The Kier molecular flexibility index (Phi) is 4.99. The van der Waals surface area contributed by atoms with Gasteiger partial charge in [0.05, 0.1) is 13.2 Å². The van der Waals surface area contributed by atoms with Crippen LogP contribution in [-0.2, 0) is 11.3 Å². The summed E-state index contributed by atoms with van der Waals surface area (Å²) in [5, 5.41) is 3.51. The largest absolute Gasteiger partial charge is 0.490 e. The summed E-state index contributed by atoms with van der Waals surface area (Å²) in [6.45, 7) is 4.63. The lowest BCUT2D eigenvalue weighted by Crippen LogP contribution is -2.15. The highest BCUT2D eigenvalue weighted by Crippen LogP contribution is 2.30. The fourth-order valence-corrected chi connectivity index (χ4v) is 2.20. The molecule has 116 valence electrons. The van der Waals surface area contributed by atoms with Crippen LogP contribution in [0.5, 0.6) is 11.5 Å². The number of ether oxygens (including phenoxy) is 3. The van der Waals surface area contributed by atoms with Crippen LogP contribution in [0.25, 0.3) is 0 Å². The highest BCUT2D eigenvalue weighted by Gasteiger charge is 2.21. The van der Waals surface area contributed by atoms with Crippen molar-refractivity contribution < 1.29 is 14.2 Å². The third-order valence-electron chi connectivity index (χ3n) is 3.83. The van der Waals surface area contributed by atoms with Gasteiger partial charge in [0.1, 0.15) is 0 Å². The Hall–Kier alpha value is -1.26. The molecule has 0 heterocycles. The lowest BCUT2D eigenvalue weighted by molar-refractivity contribution is 0.00839. The Morgan fingerprint density at radius 2 is 1.95 bits per heavy atom. The SMILES string of the molecule is CCOc1cc(CNC2CC2)ccc1OCOCC1CC1. The van der Waals surface area contributed by atoms with E-state index < -0.39 is 0 Å². The van der Waals surface area contributed by atoms with Gasteiger partial charge in [-0.2, -0.15) is 0 Å². The molecule has 2 aliphatic rings. The second-order valence-electron chi connectivity index (χ2n) is 5.95. The second-order valence-corrected chi connectivity index (χ2v) is 5.95. The van der Waals surface area contributed by atoms with E-state index in [0.717, 1.165) is 30.6 Å². The molecule has 4 heteroatoms. The van der Waals surface area contributed by atoms with Crippen LogP contribution < -0.4 is 14.8 Å². The third kappa shape index (κ3) is 4.90. The Labute approximate surface area is 126 Å². The van der Waals surface area contributed by atoms with E-state index in [1.807, 2.05) is 13.0 Å². The minimum absolute atomic E-state index is 0.302. The van der Waals surface area contributed by atoms with E-state index in [0.29, 0.717) is 19.4 Å². The highest BCUT2D eigenvalue weighted by molar-refractivity contribution is 5.43. The number of rotatable bonds is 10. The van der Waals surface area contributed by atoms with E-state index in [1.54, 1.807) is 0 Å². The van der Waals surface area contributed by atoms with Gasteiger partial charge in [-0.05, 0) is 56.2 Å². The summed E-state index contributed by atoms with van der Waals surface area (Å²) < 4.78 is 16.9. The van der Waals surface area contributed by atoms with Crippen molar-refractivity contribution in [2.75, 3.05) is 20.0 Å². The van der Waals surface area contributed by atoms with Gasteiger partial charge >= 0.3 is 0 Å². The molecule has 4 nitrogen and oxygen atoms in total. The van der Waals surface area contributed by atoms with Crippen LogP contribution in [-0.4, -0.2) is 26.0 Å². The molecule has 0 unspecified atom stereocenters. The molecule has 2 fully saturated rings. The topological polar surface area (TPSA) is 39.7 Å². The first-order valence-corrected chi connectivity index (χ1v) is 8.05. The molecular weight excluding hydrogens is 266 g/mol. The summed E-state index contributed by atoms with van der Waals surface area (Å²) in [4.78, 5) is 0. The summed E-state index contributed by atoms with van der Waals surface area (Å²) in [5.41, 5.74) is 1.23. The van der Waals surface area contributed by atoms with Gasteiger partial charge in [0, 0.05) is 12.6 Å². The fourth-order valence-electron chi connectivity index (χ4n) is 2.20. The van der Waals surface area contributed by atoms with E-state index in [1.165, 1.54) is 31.2 Å². The van der Waals surface area contributed by atoms with Gasteiger partial charge in [0.25, 0.3) is 0 Å². The van der Waals surface area contributed by atoms with Gasteiger partial charge in [-0.25, -0.2) is 0 Å². The predicted octanol–water partition coefficient (Wildman–Crippen LogP) is 3.10. The van der Waals surface area contributed by atoms with Crippen LogP contribution in [0.15, 0.2) is 18.2 Å². The molecule has 0 amide bonds. The summed E-state index contributed by atoms with van der Waals surface area (Å²) >= 11 is 0. The minimum Gasteiger partial charge on any atom is -0.490 e. The number of hydrogen-bond acceptors (Lipinski definition) is 4. The van der Waals surface area contributed by atoms with Crippen LogP contribution in [0.3, 0.4) is 0 Å². The summed E-state index contributed by atoms with van der Waals surface area (Å²) in [5.74, 6) is 2.33. The maximum absolute atomic E-state index is 5.69. The quantitative estimate of drug-likeness (QED) is 0.531. The third-order valence-corrected chi connectivity index (χ3v) is 3.83. The van der Waals surface area contributed by atoms with E-state index in [2.05, 4.69) is 17.4 Å². The molecule has 0 aromatic heterocycles. The molecule has 0 bridgehead atoms. The molecule has 0 spiro atoms. The van der Waals surface area contributed by atoms with Gasteiger partial charge in [-0.1, -0.05) is 6.07 Å². The number of benzene rings is 1. The maximum atomic E-state index is 5.69. The van der Waals surface area contributed by atoms with Crippen molar-refractivity contribution in [2.24, 2.45) is 5.92 Å². The Bertz CT molecular complexity index is 455.